The van der Waals surface area contributed by atoms with Crippen molar-refractivity contribution in [2.45, 2.75) is 32.1 Å². The van der Waals surface area contributed by atoms with Crippen LogP contribution in [0.2, 0.25) is 0 Å². The Labute approximate surface area is 212 Å². The largest absolute Gasteiger partial charge is 0.493 e. The van der Waals surface area contributed by atoms with E-state index in [0.717, 1.165) is 66.8 Å². The summed E-state index contributed by atoms with van der Waals surface area (Å²) in [7, 11) is 3.39. The maximum absolute atomic E-state index is 11.8. The predicted octanol–water partition coefficient (Wildman–Crippen LogP) is 3.81. The number of aromatic nitrogens is 2. The van der Waals surface area contributed by atoms with Crippen LogP contribution in [-0.4, -0.2) is 67.8 Å². The highest BCUT2D eigenvalue weighted by Gasteiger charge is 2.27. The Morgan fingerprint density at radius 2 is 1.81 bits per heavy atom. The number of fused-ring (bicyclic) bond motifs is 1. The second kappa shape index (κ2) is 11.2. The van der Waals surface area contributed by atoms with E-state index < -0.39 is 5.41 Å². The molecule has 1 aliphatic heterocycles. The fourth-order valence-corrected chi connectivity index (χ4v) is 4.56. The zero-order chi connectivity index (χ0) is 25.7. The van der Waals surface area contributed by atoms with E-state index in [9.17, 15) is 4.79 Å². The van der Waals surface area contributed by atoms with Crippen molar-refractivity contribution in [3.63, 3.8) is 0 Å². The van der Waals surface area contributed by atoms with E-state index in [2.05, 4.69) is 14.9 Å². The third kappa shape index (κ3) is 5.60. The van der Waals surface area contributed by atoms with Crippen LogP contribution in [0.1, 0.15) is 32.3 Å². The monoisotopic (exact) mass is 492 g/mol. The van der Waals surface area contributed by atoms with Gasteiger partial charge in [0.05, 0.1) is 36.9 Å². The molecule has 1 aromatic heterocycles. The average molecular weight is 493 g/mol. The van der Waals surface area contributed by atoms with Crippen LogP contribution in [0.3, 0.4) is 0 Å². The Morgan fingerprint density at radius 1 is 1.08 bits per heavy atom. The summed E-state index contributed by atoms with van der Waals surface area (Å²) >= 11 is 0. The molecule has 192 valence electrons. The van der Waals surface area contributed by atoms with Crippen LogP contribution >= 0.6 is 0 Å². The molecule has 0 unspecified atom stereocenters. The van der Waals surface area contributed by atoms with E-state index in [4.69, 9.17) is 19.9 Å². The fourth-order valence-electron chi connectivity index (χ4n) is 4.56. The Morgan fingerprint density at radius 3 is 2.44 bits per heavy atom. The smallest absolute Gasteiger partial charge is 0.227 e. The molecule has 0 radical (unpaired) electrons. The first kappa shape index (κ1) is 25.9. The lowest BCUT2D eigenvalue weighted by Gasteiger charge is -2.31. The molecule has 0 bridgehead atoms. The lowest BCUT2D eigenvalue weighted by molar-refractivity contribution is -0.122. The van der Waals surface area contributed by atoms with Crippen LogP contribution in [0.5, 0.6) is 11.5 Å². The molecule has 8 heteroatoms. The molecule has 0 aliphatic carbocycles. The molecule has 4 rings (SSSR count). The van der Waals surface area contributed by atoms with Crippen molar-refractivity contribution < 1.29 is 19.0 Å². The zero-order valence-corrected chi connectivity index (χ0v) is 21.6. The van der Waals surface area contributed by atoms with Crippen molar-refractivity contribution in [1.82, 2.24) is 14.9 Å². The summed E-state index contributed by atoms with van der Waals surface area (Å²) in [5.41, 5.74) is 8.18. The van der Waals surface area contributed by atoms with Gasteiger partial charge in [0, 0.05) is 30.7 Å². The van der Waals surface area contributed by atoms with Crippen LogP contribution in [0, 0.1) is 5.92 Å². The molecule has 8 nitrogen and oxygen atoms in total. The van der Waals surface area contributed by atoms with Gasteiger partial charge in [-0.05, 0) is 57.3 Å². The number of carbonyl (C=O) groups is 1. The van der Waals surface area contributed by atoms with Crippen LogP contribution < -0.4 is 15.2 Å². The normalized spacial score (nSPS) is 15.2. The molecule has 1 saturated heterocycles. The number of primary amides is 1. The number of carbonyl (C=O) groups excluding carboxylic acids is 1. The number of ether oxygens (including phenoxy) is 3. The Bertz CT molecular complexity index is 1190. The van der Waals surface area contributed by atoms with E-state index >= 15 is 0 Å². The topological polar surface area (TPSA) is 99.8 Å². The lowest BCUT2D eigenvalue weighted by atomic mass is 9.83. The maximum atomic E-state index is 11.8. The second-order valence-electron chi connectivity index (χ2n) is 9.90. The molecule has 2 aromatic carbocycles. The number of piperidine rings is 1. The molecule has 1 amide bonds. The molecular formula is C28H36N4O4. The number of nitrogens with two attached hydrogens (primary N) is 1. The highest BCUT2D eigenvalue weighted by atomic mass is 16.5. The lowest BCUT2D eigenvalue weighted by Crippen LogP contribution is -2.37. The van der Waals surface area contributed by atoms with Gasteiger partial charge in [-0.1, -0.05) is 24.3 Å². The van der Waals surface area contributed by atoms with Crippen molar-refractivity contribution in [3.8, 4) is 22.8 Å². The fraction of sp³-hybridized carbons (Fsp3) is 0.464. The van der Waals surface area contributed by atoms with Crippen LogP contribution in [0.25, 0.3) is 22.2 Å². The molecule has 36 heavy (non-hydrogen) atoms. The maximum Gasteiger partial charge on any atom is 0.227 e. The average Bonchev–Trinajstić information content (AvgIpc) is 2.90. The van der Waals surface area contributed by atoms with E-state index in [-0.39, 0.29) is 5.91 Å². The summed E-state index contributed by atoms with van der Waals surface area (Å²) < 4.78 is 17.1. The molecule has 1 aliphatic rings. The Hall–Kier alpha value is -3.23. The Kier molecular flexibility index (Phi) is 8.06. The van der Waals surface area contributed by atoms with Crippen LogP contribution in [0.4, 0.5) is 0 Å². The summed E-state index contributed by atoms with van der Waals surface area (Å²) in [5, 5.41) is 0.870. The molecule has 2 heterocycles. The number of benzene rings is 2. The quantitative estimate of drug-likeness (QED) is 0.459. The first-order chi connectivity index (χ1) is 17.3. The minimum atomic E-state index is -0.748. The van der Waals surface area contributed by atoms with E-state index in [0.29, 0.717) is 24.0 Å². The summed E-state index contributed by atoms with van der Waals surface area (Å²) in [5.74, 6) is 1.49. The van der Waals surface area contributed by atoms with Crippen molar-refractivity contribution in [2.24, 2.45) is 11.7 Å². The summed E-state index contributed by atoms with van der Waals surface area (Å²) in [6.45, 7) is 8.18. The molecule has 0 atom stereocenters. The number of hydrogen-bond donors (Lipinski definition) is 1. The number of nitrogens with zero attached hydrogens (tertiary/aromatic N) is 3. The van der Waals surface area contributed by atoms with Crippen molar-refractivity contribution >= 4 is 16.8 Å². The van der Waals surface area contributed by atoms with Gasteiger partial charge in [-0.15, -0.1) is 0 Å². The van der Waals surface area contributed by atoms with E-state index in [1.165, 1.54) is 0 Å². The highest BCUT2D eigenvalue weighted by molar-refractivity contribution is 5.94. The van der Waals surface area contributed by atoms with Gasteiger partial charge in [0.1, 0.15) is 6.33 Å². The first-order valence-electron chi connectivity index (χ1n) is 12.4. The first-order valence-corrected chi connectivity index (χ1v) is 12.4. The molecule has 0 spiro atoms. The third-order valence-corrected chi connectivity index (χ3v) is 7.21. The minimum Gasteiger partial charge on any atom is -0.493 e. The van der Waals surface area contributed by atoms with Gasteiger partial charge in [0.15, 0.2) is 11.5 Å². The number of likely N-dealkylation sites (tertiary alicyclic amines) is 1. The van der Waals surface area contributed by atoms with Gasteiger partial charge >= 0.3 is 0 Å². The molecule has 2 N–H and O–H groups in total. The SMILES string of the molecule is COCCN1CCC(COc2cc3ncnc(-c4ccc(C(C)(C)C(N)=O)cc4)c3cc2OC)CC1. The summed E-state index contributed by atoms with van der Waals surface area (Å²) in [6, 6.07) is 11.6. The molecule has 1 fully saturated rings. The van der Waals surface area contributed by atoms with Crippen LogP contribution in [0.15, 0.2) is 42.7 Å². The van der Waals surface area contributed by atoms with Gasteiger partial charge in [-0.3, -0.25) is 4.79 Å². The summed E-state index contributed by atoms with van der Waals surface area (Å²) in [4.78, 5) is 23.3. The van der Waals surface area contributed by atoms with Gasteiger partial charge in [-0.2, -0.15) is 0 Å². The van der Waals surface area contributed by atoms with E-state index in [1.54, 1.807) is 20.5 Å². The molecular weight excluding hydrogens is 456 g/mol. The minimum absolute atomic E-state index is 0.364. The molecule has 3 aromatic rings. The van der Waals surface area contributed by atoms with Crippen molar-refractivity contribution in [1.29, 1.82) is 0 Å². The van der Waals surface area contributed by atoms with Gasteiger partial charge in [-0.25, -0.2) is 9.97 Å². The van der Waals surface area contributed by atoms with E-state index in [1.807, 2.05) is 50.2 Å². The van der Waals surface area contributed by atoms with Crippen molar-refractivity contribution in [2.75, 3.05) is 47.1 Å². The second-order valence-corrected chi connectivity index (χ2v) is 9.90. The third-order valence-electron chi connectivity index (χ3n) is 7.21. The predicted molar refractivity (Wildman–Crippen MR) is 140 cm³/mol. The van der Waals surface area contributed by atoms with Gasteiger partial charge in [0.2, 0.25) is 5.91 Å². The van der Waals surface area contributed by atoms with Gasteiger partial charge < -0.3 is 24.8 Å². The van der Waals surface area contributed by atoms with Gasteiger partial charge in [0.25, 0.3) is 0 Å². The number of rotatable bonds is 10. The zero-order valence-electron chi connectivity index (χ0n) is 21.6. The standard InChI is InChI=1S/C28H36N4O4/c1-28(2,27(29)33)21-7-5-20(6-8-21)26-22-15-24(35-4)25(16-23(22)30-18-31-26)36-17-19-9-11-32(12-10-19)13-14-34-3/h5-8,15-16,18-19H,9-14,17H2,1-4H3,(H2,29,33). The molecule has 0 saturated carbocycles. The van der Waals surface area contributed by atoms with Crippen molar-refractivity contribution in [3.05, 3.63) is 48.3 Å². The Balaban J connectivity index is 1.52. The number of amides is 1. The number of methoxy groups -OCH3 is 2. The number of hydrogen-bond acceptors (Lipinski definition) is 7. The highest BCUT2D eigenvalue weighted by Crippen LogP contribution is 2.36. The van der Waals surface area contributed by atoms with Crippen LogP contribution in [-0.2, 0) is 14.9 Å². The summed E-state index contributed by atoms with van der Waals surface area (Å²) in [6.07, 6.45) is 3.77.